The van der Waals surface area contributed by atoms with Crippen LogP contribution in [0.2, 0.25) is 0 Å². The van der Waals surface area contributed by atoms with Gasteiger partial charge >= 0.3 is 23.9 Å². The molecule has 0 heterocycles. The molecule has 1 aromatic carbocycles. The molecule has 0 unspecified atom stereocenters. The van der Waals surface area contributed by atoms with Crippen molar-refractivity contribution in [3.8, 4) is 0 Å². The van der Waals surface area contributed by atoms with Gasteiger partial charge in [-0.05, 0) is 25.5 Å². The third-order valence-electron chi connectivity index (χ3n) is 3.18. The average Bonchev–Trinajstić information content (AvgIpc) is 2.36. The van der Waals surface area contributed by atoms with Crippen LogP contribution in [0.4, 0.5) is 26.3 Å². The van der Waals surface area contributed by atoms with Crippen LogP contribution in [0.25, 0.3) is 0 Å². The third kappa shape index (κ3) is 4.63. The van der Waals surface area contributed by atoms with Gasteiger partial charge in [-0.15, -0.1) is 0 Å². The summed E-state index contributed by atoms with van der Waals surface area (Å²) < 4.78 is 112. The Morgan fingerprint density at radius 3 is 1.96 bits per heavy atom. The zero-order valence-corrected chi connectivity index (χ0v) is 13.5. The summed E-state index contributed by atoms with van der Waals surface area (Å²) >= 11 is 0. The number of carbonyl (C=O) groups excluding carboxylic acids is 1. The van der Waals surface area contributed by atoms with E-state index in [1.165, 1.54) is 26.0 Å². The molecule has 0 amide bonds. The number of hydrogen-bond donors (Lipinski definition) is 1. The van der Waals surface area contributed by atoms with Gasteiger partial charge in [-0.3, -0.25) is 4.55 Å². The van der Waals surface area contributed by atoms with E-state index >= 15 is 0 Å². The first-order valence-electron chi connectivity index (χ1n) is 6.39. The topological polar surface area (TPSA) is 80.7 Å². The van der Waals surface area contributed by atoms with E-state index in [4.69, 9.17) is 4.55 Å². The second kappa shape index (κ2) is 6.48. The molecule has 0 fully saturated rings. The van der Waals surface area contributed by atoms with Gasteiger partial charge in [0.15, 0.2) is 0 Å². The molecule has 0 radical (unpaired) electrons. The molecule has 1 N–H and O–H groups in total. The molecule has 0 bridgehead atoms. The van der Waals surface area contributed by atoms with Crippen LogP contribution in [-0.4, -0.2) is 42.6 Å². The number of hydrogen-bond acceptors (Lipinski definition) is 4. The third-order valence-corrected chi connectivity index (χ3v) is 3.95. The summed E-state index contributed by atoms with van der Waals surface area (Å²) in [6.45, 7) is 2.66. The first-order valence-corrected chi connectivity index (χ1v) is 8.00. The predicted molar refractivity (Wildman–Crippen MR) is 72.6 cm³/mol. The molecule has 142 valence electrons. The van der Waals surface area contributed by atoms with Gasteiger partial charge < -0.3 is 4.74 Å². The Labute approximate surface area is 138 Å². The maximum absolute atomic E-state index is 13.1. The fraction of sp³-hybridized carbons (Fsp3) is 0.462. The Bertz CT molecular complexity index is 752. The maximum Gasteiger partial charge on any atom is 0.438 e. The monoisotopic (exact) mass is 394 g/mol. The van der Waals surface area contributed by atoms with Crippen molar-refractivity contribution in [1.82, 2.24) is 0 Å². The summed E-state index contributed by atoms with van der Waals surface area (Å²) in [6.07, 6.45) is -12.7. The van der Waals surface area contributed by atoms with E-state index in [2.05, 4.69) is 4.74 Å². The lowest BCUT2D eigenvalue weighted by molar-refractivity contribution is -0.356. The quantitative estimate of drug-likeness (QED) is 0.482. The standard InChI is InChI=1S/C13H12F6O5S/c1-7-3-4-8(2)9(5-7)10(20)24-11(12(14,15)16,13(17,18)19)6-25(21,22)23/h3-5H,6H2,1-2H3,(H,21,22,23). The molecule has 5 nitrogen and oxygen atoms in total. The van der Waals surface area contributed by atoms with E-state index in [1.54, 1.807) is 0 Å². The summed E-state index contributed by atoms with van der Waals surface area (Å²) in [5.41, 5.74) is -5.66. The fourth-order valence-corrected chi connectivity index (χ4v) is 2.80. The molecule has 0 aliphatic carbocycles. The van der Waals surface area contributed by atoms with Gasteiger partial charge in [-0.2, -0.15) is 34.8 Å². The van der Waals surface area contributed by atoms with Crippen molar-refractivity contribution in [2.75, 3.05) is 5.75 Å². The first-order chi connectivity index (χ1) is 11.0. The largest absolute Gasteiger partial charge is 0.438 e. The van der Waals surface area contributed by atoms with Crippen molar-refractivity contribution >= 4 is 16.1 Å². The Morgan fingerprint density at radius 1 is 1.08 bits per heavy atom. The zero-order valence-electron chi connectivity index (χ0n) is 12.7. The number of rotatable bonds is 4. The van der Waals surface area contributed by atoms with Crippen LogP contribution in [0.1, 0.15) is 21.5 Å². The highest BCUT2D eigenvalue weighted by Crippen LogP contribution is 2.47. The van der Waals surface area contributed by atoms with Gasteiger partial charge in [0.05, 0.1) is 5.56 Å². The zero-order chi connectivity index (χ0) is 19.8. The molecule has 25 heavy (non-hydrogen) atoms. The molecule has 0 saturated carbocycles. The van der Waals surface area contributed by atoms with E-state index in [-0.39, 0.29) is 5.56 Å². The first kappa shape index (κ1) is 21.2. The minimum atomic E-state index is -6.35. The molecule has 0 aliphatic rings. The number of carbonyl (C=O) groups is 1. The molecule has 0 aromatic heterocycles. The molecular formula is C13H12F6O5S. The van der Waals surface area contributed by atoms with Crippen LogP contribution in [0.3, 0.4) is 0 Å². The van der Waals surface area contributed by atoms with Crippen LogP contribution in [0, 0.1) is 13.8 Å². The number of benzene rings is 1. The normalized spacial score (nSPS) is 13.6. The summed E-state index contributed by atoms with van der Waals surface area (Å²) in [6, 6.07) is 3.70. The Balaban J connectivity index is 3.53. The van der Waals surface area contributed by atoms with E-state index in [0.29, 0.717) is 5.56 Å². The van der Waals surface area contributed by atoms with Crippen LogP contribution < -0.4 is 0 Å². The van der Waals surface area contributed by atoms with Gasteiger partial charge in [-0.1, -0.05) is 17.7 Å². The minimum Gasteiger partial charge on any atom is -0.435 e. The van der Waals surface area contributed by atoms with E-state index < -0.39 is 45.4 Å². The number of halogens is 6. The highest BCUT2D eigenvalue weighted by Gasteiger charge is 2.76. The Morgan fingerprint density at radius 2 is 1.56 bits per heavy atom. The SMILES string of the molecule is Cc1ccc(C)c(C(=O)OC(CS(=O)(=O)O)(C(F)(F)F)C(F)(F)F)c1. The predicted octanol–water partition coefficient (Wildman–Crippen LogP) is 3.21. The molecule has 1 aromatic rings. The average molecular weight is 394 g/mol. The molecule has 0 spiro atoms. The molecule has 1 rings (SSSR count). The van der Waals surface area contributed by atoms with Crippen molar-refractivity contribution in [3.05, 3.63) is 34.9 Å². The number of alkyl halides is 6. The Kier molecular flexibility index (Phi) is 5.50. The maximum atomic E-state index is 13.1. The van der Waals surface area contributed by atoms with Gasteiger partial charge in [0.25, 0.3) is 10.1 Å². The van der Waals surface area contributed by atoms with Crippen LogP contribution in [0.15, 0.2) is 18.2 Å². The van der Waals surface area contributed by atoms with Gasteiger partial charge in [0, 0.05) is 0 Å². The second-order valence-electron chi connectivity index (χ2n) is 5.26. The number of ether oxygens (including phenoxy) is 1. The Hall–Kier alpha value is -1.82. The molecular weight excluding hydrogens is 382 g/mol. The lowest BCUT2D eigenvalue weighted by Gasteiger charge is -2.35. The number of esters is 1. The summed E-state index contributed by atoms with van der Waals surface area (Å²) in [4.78, 5) is 11.9. The molecule has 0 saturated heterocycles. The second-order valence-corrected chi connectivity index (χ2v) is 6.71. The smallest absolute Gasteiger partial charge is 0.435 e. The van der Waals surface area contributed by atoms with Crippen molar-refractivity contribution < 1.29 is 48.8 Å². The molecule has 12 heteroatoms. The molecule has 0 aliphatic heterocycles. The van der Waals surface area contributed by atoms with Crippen LogP contribution >= 0.6 is 0 Å². The molecule has 0 atom stereocenters. The fourth-order valence-electron chi connectivity index (χ4n) is 1.90. The highest BCUT2D eigenvalue weighted by atomic mass is 32.2. The van der Waals surface area contributed by atoms with E-state index in [1.807, 2.05) is 0 Å². The summed E-state index contributed by atoms with van der Waals surface area (Å²) in [5, 5.41) is 0. The van der Waals surface area contributed by atoms with Crippen molar-refractivity contribution in [3.63, 3.8) is 0 Å². The van der Waals surface area contributed by atoms with Crippen molar-refractivity contribution in [1.29, 1.82) is 0 Å². The van der Waals surface area contributed by atoms with Crippen LogP contribution in [0.5, 0.6) is 0 Å². The van der Waals surface area contributed by atoms with Crippen LogP contribution in [-0.2, 0) is 14.9 Å². The minimum absolute atomic E-state index is 0.0145. The lowest BCUT2D eigenvalue weighted by atomic mass is 10.0. The highest BCUT2D eigenvalue weighted by molar-refractivity contribution is 7.85. The summed E-state index contributed by atoms with van der Waals surface area (Å²) in [5.74, 6) is -4.94. The number of aryl methyl sites for hydroxylation is 2. The van der Waals surface area contributed by atoms with E-state index in [9.17, 15) is 39.6 Å². The lowest BCUT2D eigenvalue weighted by Crippen LogP contribution is -2.63. The van der Waals surface area contributed by atoms with Gasteiger partial charge in [0.1, 0.15) is 5.75 Å². The van der Waals surface area contributed by atoms with Gasteiger partial charge in [0.2, 0.25) is 0 Å². The summed E-state index contributed by atoms with van der Waals surface area (Å²) in [7, 11) is -5.81. The van der Waals surface area contributed by atoms with Crippen molar-refractivity contribution in [2.24, 2.45) is 0 Å². The van der Waals surface area contributed by atoms with Crippen molar-refractivity contribution in [2.45, 2.75) is 31.8 Å². The van der Waals surface area contributed by atoms with Gasteiger partial charge in [-0.25, -0.2) is 4.79 Å². The van der Waals surface area contributed by atoms with E-state index in [0.717, 1.165) is 6.07 Å².